The third-order valence-corrected chi connectivity index (χ3v) is 12.9. The van der Waals surface area contributed by atoms with Crippen molar-refractivity contribution in [3.8, 4) is 11.5 Å². The van der Waals surface area contributed by atoms with Gasteiger partial charge in [0.2, 0.25) is 12.6 Å². The molecule has 0 amide bonds. The molecule has 3 aliphatic heterocycles. The molecule has 6 rings (SSSR count). The zero-order valence-electron chi connectivity index (χ0n) is 41.0. The molecular formula is C51H64O24. The van der Waals surface area contributed by atoms with Gasteiger partial charge in [0.1, 0.15) is 98.5 Å². The topological polar surface area (TPSA) is 363 Å². The van der Waals surface area contributed by atoms with Gasteiger partial charge in [0.05, 0.1) is 19.6 Å². The Hall–Kier alpha value is -5.68. The van der Waals surface area contributed by atoms with Crippen LogP contribution >= 0.6 is 0 Å². The van der Waals surface area contributed by atoms with Gasteiger partial charge >= 0.3 is 23.9 Å². The zero-order chi connectivity index (χ0) is 54.6. The minimum atomic E-state index is -2.39. The highest BCUT2D eigenvalue weighted by molar-refractivity contribution is 5.87. The fourth-order valence-corrected chi connectivity index (χ4v) is 8.19. The summed E-state index contributed by atoms with van der Waals surface area (Å²) in [5.74, 6) is -4.72. The van der Waals surface area contributed by atoms with Crippen molar-refractivity contribution in [2.45, 2.75) is 145 Å². The smallest absolute Gasteiger partial charge is 0.339 e. The number of rotatable bonds is 22. The minimum Gasteiger partial charge on any atom is -0.463 e. The number of aliphatic hydroxyl groups is 10. The zero-order valence-corrected chi connectivity index (χ0v) is 41.0. The Kier molecular flexibility index (Phi) is 21.0. The maximum absolute atomic E-state index is 14.7. The van der Waals surface area contributed by atoms with Crippen LogP contribution in [-0.4, -0.2) is 192 Å². The Morgan fingerprint density at radius 2 is 1.12 bits per heavy atom. The standard InChI is InChI=1S/C51H64O24/c1-4-26(2)51(50(65)68-24-30-12-17-32(18-13-30)70-48-44(63)42(61)39(58)34(22-53)72-48,20-37(56)67-23-29-10-15-31(16-11-29)69-47-43(62)41(60)38(57)33(21-52)71-47)75-49-45(64)46(40(59)35(73-49)25-66-27(3)54)74-36(55)19-14-28-8-6-5-7-9-28/h5-19,26,33-35,38-49,52-53,57-64H,4,20-25H2,1-3H3. The lowest BCUT2D eigenvalue weighted by Crippen LogP contribution is -2.64. The van der Waals surface area contributed by atoms with E-state index in [1.165, 1.54) is 54.6 Å². The van der Waals surface area contributed by atoms with Gasteiger partial charge < -0.3 is 98.4 Å². The molecule has 24 heteroatoms. The molecule has 3 aromatic carbocycles. The Labute approximate surface area is 430 Å². The second-order valence-corrected chi connectivity index (χ2v) is 18.1. The van der Waals surface area contributed by atoms with Crippen LogP contribution in [0.2, 0.25) is 0 Å². The summed E-state index contributed by atoms with van der Waals surface area (Å²) in [6.07, 6.45) is -22.9. The Morgan fingerprint density at radius 3 is 1.61 bits per heavy atom. The van der Waals surface area contributed by atoms with E-state index in [0.717, 1.165) is 13.0 Å². The summed E-state index contributed by atoms with van der Waals surface area (Å²) in [5.41, 5.74) is -1.03. The second-order valence-electron chi connectivity index (χ2n) is 18.1. The molecule has 10 N–H and O–H groups in total. The molecule has 412 valence electrons. The van der Waals surface area contributed by atoms with Gasteiger partial charge in [-0.15, -0.1) is 0 Å². The van der Waals surface area contributed by atoms with Crippen molar-refractivity contribution in [1.29, 1.82) is 0 Å². The van der Waals surface area contributed by atoms with Crippen LogP contribution in [0.3, 0.4) is 0 Å². The van der Waals surface area contributed by atoms with E-state index in [2.05, 4.69) is 0 Å². The van der Waals surface area contributed by atoms with E-state index in [1.54, 1.807) is 44.2 Å². The lowest BCUT2D eigenvalue weighted by Gasteiger charge is -2.45. The molecule has 0 bridgehead atoms. The summed E-state index contributed by atoms with van der Waals surface area (Å²) in [7, 11) is 0. The predicted octanol–water partition coefficient (Wildman–Crippen LogP) is -1.34. The minimum absolute atomic E-state index is 0.102. The van der Waals surface area contributed by atoms with E-state index in [-0.39, 0.29) is 17.9 Å². The number of benzene rings is 3. The fourth-order valence-electron chi connectivity index (χ4n) is 8.19. The van der Waals surface area contributed by atoms with Gasteiger partial charge in [-0.3, -0.25) is 9.59 Å². The second kappa shape index (κ2) is 26.9. The first kappa shape index (κ1) is 58.6. The van der Waals surface area contributed by atoms with Crippen molar-refractivity contribution < 1.29 is 118 Å². The number of hydrogen-bond donors (Lipinski definition) is 10. The van der Waals surface area contributed by atoms with Gasteiger partial charge in [0.15, 0.2) is 18.0 Å². The molecule has 3 heterocycles. The van der Waals surface area contributed by atoms with Crippen LogP contribution in [0.15, 0.2) is 84.9 Å². The molecule has 3 aromatic rings. The van der Waals surface area contributed by atoms with Crippen molar-refractivity contribution >= 4 is 30.0 Å². The predicted molar refractivity (Wildman–Crippen MR) is 252 cm³/mol. The molecule has 0 saturated carbocycles. The average Bonchev–Trinajstić information content (AvgIpc) is 3.41. The van der Waals surface area contributed by atoms with E-state index in [9.17, 15) is 70.2 Å². The fraction of sp³-hybridized carbons (Fsp3) is 0.529. The highest BCUT2D eigenvalue weighted by atomic mass is 16.7. The van der Waals surface area contributed by atoms with Crippen LogP contribution in [0.5, 0.6) is 11.5 Å². The van der Waals surface area contributed by atoms with Gasteiger partial charge in [-0.05, 0) is 52.9 Å². The third kappa shape index (κ3) is 14.8. The van der Waals surface area contributed by atoms with Gasteiger partial charge in [-0.1, -0.05) is 74.9 Å². The highest BCUT2D eigenvalue weighted by Crippen LogP contribution is 2.37. The Bertz CT molecular complexity index is 2330. The number of carbonyl (C=O) groups is 4. The molecule has 0 aliphatic carbocycles. The molecule has 0 aromatic heterocycles. The van der Waals surface area contributed by atoms with Crippen molar-refractivity contribution in [1.82, 2.24) is 0 Å². The summed E-state index contributed by atoms with van der Waals surface area (Å²) in [5, 5.41) is 104. The molecule has 75 heavy (non-hydrogen) atoms. The normalized spacial score (nSPS) is 31.1. The van der Waals surface area contributed by atoms with E-state index >= 15 is 0 Å². The molecule has 3 saturated heterocycles. The summed E-state index contributed by atoms with van der Waals surface area (Å²) >= 11 is 0. The Morgan fingerprint density at radius 1 is 0.613 bits per heavy atom. The van der Waals surface area contributed by atoms with Crippen LogP contribution < -0.4 is 9.47 Å². The molecule has 24 nitrogen and oxygen atoms in total. The maximum atomic E-state index is 14.7. The van der Waals surface area contributed by atoms with E-state index in [0.29, 0.717) is 16.7 Å². The molecule has 17 unspecified atom stereocenters. The monoisotopic (exact) mass is 1060 g/mol. The van der Waals surface area contributed by atoms with Crippen LogP contribution in [0.1, 0.15) is 50.3 Å². The molecule has 3 aliphatic rings. The molecular weight excluding hydrogens is 997 g/mol. The van der Waals surface area contributed by atoms with Gasteiger partial charge in [0, 0.05) is 13.0 Å². The molecule has 0 spiro atoms. The van der Waals surface area contributed by atoms with Gasteiger partial charge in [0.25, 0.3) is 0 Å². The number of carbonyl (C=O) groups excluding carboxylic acids is 4. The lowest BCUT2D eigenvalue weighted by atomic mass is 9.83. The first-order valence-corrected chi connectivity index (χ1v) is 24.0. The largest absolute Gasteiger partial charge is 0.463 e. The maximum Gasteiger partial charge on any atom is 0.339 e. The highest BCUT2D eigenvalue weighted by Gasteiger charge is 2.56. The van der Waals surface area contributed by atoms with Crippen LogP contribution in [0.4, 0.5) is 0 Å². The van der Waals surface area contributed by atoms with Crippen molar-refractivity contribution in [3.63, 3.8) is 0 Å². The van der Waals surface area contributed by atoms with Crippen LogP contribution in [0.25, 0.3) is 6.08 Å². The summed E-state index contributed by atoms with van der Waals surface area (Å²) in [6, 6.07) is 20.2. The summed E-state index contributed by atoms with van der Waals surface area (Å²) in [4.78, 5) is 53.8. The van der Waals surface area contributed by atoms with Crippen molar-refractivity contribution in [3.05, 3.63) is 102 Å². The molecule has 17 atom stereocenters. The number of hydrogen-bond acceptors (Lipinski definition) is 24. The first-order chi connectivity index (χ1) is 35.8. The summed E-state index contributed by atoms with van der Waals surface area (Å²) in [6.45, 7) is 1.45. The van der Waals surface area contributed by atoms with Crippen molar-refractivity contribution in [2.75, 3.05) is 19.8 Å². The quantitative estimate of drug-likeness (QED) is 0.0316. The van der Waals surface area contributed by atoms with E-state index < -0.39 is 167 Å². The van der Waals surface area contributed by atoms with Crippen molar-refractivity contribution in [2.24, 2.45) is 5.92 Å². The number of ether oxygens (including phenoxy) is 10. The number of esters is 4. The molecule has 3 fully saturated rings. The van der Waals surface area contributed by atoms with E-state index in [1.807, 2.05) is 0 Å². The number of aliphatic hydroxyl groups excluding tert-OH is 10. The van der Waals surface area contributed by atoms with E-state index in [4.69, 9.17) is 47.4 Å². The lowest BCUT2D eigenvalue weighted by molar-refractivity contribution is -0.331. The SMILES string of the molecule is CCC(C)C(CC(=O)OCc1ccc(OC2OC(CO)C(O)C(O)C2O)cc1)(OC1OC(COC(C)=O)C(O)C(OC(=O)C=Cc2ccccc2)C1O)C(=O)OCc1ccc(OC2OC(CO)C(O)C(O)C2O)cc1. The van der Waals surface area contributed by atoms with Gasteiger partial charge in [-0.2, -0.15) is 0 Å². The van der Waals surface area contributed by atoms with Crippen LogP contribution in [0, 0.1) is 5.92 Å². The Balaban J connectivity index is 1.23. The molecule has 0 radical (unpaired) electrons. The van der Waals surface area contributed by atoms with Crippen LogP contribution in [-0.2, 0) is 70.3 Å². The first-order valence-electron chi connectivity index (χ1n) is 24.0. The van der Waals surface area contributed by atoms with Gasteiger partial charge in [-0.25, -0.2) is 9.59 Å². The summed E-state index contributed by atoms with van der Waals surface area (Å²) < 4.78 is 56.6. The average molecular weight is 1060 g/mol. The third-order valence-electron chi connectivity index (χ3n) is 12.9.